The Morgan fingerprint density at radius 1 is 1.23 bits per heavy atom. The summed E-state index contributed by atoms with van der Waals surface area (Å²) in [7, 11) is 2.17. The molecule has 0 radical (unpaired) electrons. The number of benzene rings is 1. The van der Waals surface area contributed by atoms with Crippen molar-refractivity contribution < 1.29 is 4.74 Å². The van der Waals surface area contributed by atoms with Gasteiger partial charge in [-0.25, -0.2) is 14.6 Å². The quantitative estimate of drug-likeness (QED) is 0.777. The molecule has 7 nitrogen and oxygen atoms in total. The molecule has 0 atom stereocenters. The van der Waals surface area contributed by atoms with E-state index in [1.165, 1.54) is 6.33 Å². The summed E-state index contributed by atoms with van der Waals surface area (Å²) in [6.45, 7) is 5.08. The van der Waals surface area contributed by atoms with Crippen LogP contribution in [0.5, 0.6) is 11.6 Å². The summed E-state index contributed by atoms with van der Waals surface area (Å²) < 4.78 is 7.97. The second-order valence-electron chi connectivity index (χ2n) is 7.11. The van der Waals surface area contributed by atoms with Crippen LogP contribution in [0.3, 0.4) is 0 Å². The molecule has 0 saturated carbocycles. The third-order valence-electron chi connectivity index (χ3n) is 5.00. The van der Waals surface area contributed by atoms with Crippen LogP contribution in [0, 0.1) is 12.8 Å². The van der Waals surface area contributed by atoms with E-state index in [1.54, 1.807) is 0 Å². The molecule has 2 aromatic heterocycles. The van der Waals surface area contributed by atoms with E-state index in [4.69, 9.17) is 10.5 Å². The minimum absolute atomic E-state index is 0.396. The summed E-state index contributed by atoms with van der Waals surface area (Å²) >= 11 is 0. The molecule has 26 heavy (non-hydrogen) atoms. The lowest BCUT2D eigenvalue weighted by Crippen LogP contribution is -2.32. The summed E-state index contributed by atoms with van der Waals surface area (Å²) in [5, 5.41) is 5.37. The Labute approximate surface area is 152 Å². The Morgan fingerprint density at radius 2 is 2.04 bits per heavy atom. The Hall–Kier alpha value is -2.67. The highest BCUT2D eigenvalue weighted by atomic mass is 16.5. The molecule has 1 aromatic carbocycles. The number of anilines is 1. The second-order valence-corrected chi connectivity index (χ2v) is 7.11. The van der Waals surface area contributed by atoms with Crippen LogP contribution in [0.4, 0.5) is 5.82 Å². The van der Waals surface area contributed by atoms with Crippen molar-refractivity contribution in [3.05, 3.63) is 36.2 Å². The topological polar surface area (TPSA) is 82.1 Å². The Balaban J connectivity index is 1.67. The molecule has 2 N–H and O–H groups in total. The van der Waals surface area contributed by atoms with Crippen LogP contribution in [0.15, 0.2) is 30.6 Å². The fourth-order valence-corrected chi connectivity index (χ4v) is 3.48. The first kappa shape index (κ1) is 16.8. The summed E-state index contributed by atoms with van der Waals surface area (Å²) in [6, 6.07) is 7.87. The van der Waals surface area contributed by atoms with Gasteiger partial charge in [0, 0.05) is 6.54 Å². The minimum Gasteiger partial charge on any atom is -0.437 e. The second kappa shape index (κ2) is 6.92. The van der Waals surface area contributed by atoms with E-state index >= 15 is 0 Å². The largest absolute Gasteiger partial charge is 0.437 e. The van der Waals surface area contributed by atoms with Crippen molar-refractivity contribution in [2.45, 2.75) is 26.3 Å². The first-order valence-electron chi connectivity index (χ1n) is 9.00. The van der Waals surface area contributed by atoms with Crippen molar-refractivity contribution in [2.24, 2.45) is 5.92 Å². The van der Waals surface area contributed by atoms with E-state index in [1.807, 2.05) is 35.9 Å². The van der Waals surface area contributed by atoms with Gasteiger partial charge in [0.1, 0.15) is 23.3 Å². The first-order valence-corrected chi connectivity index (χ1v) is 9.00. The standard InChI is InChI=1S/C19H24N6O/c1-13-4-3-5-15(10-13)26-19-16-17(20)21-12-22-18(16)25(23-19)11-14-6-8-24(2)9-7-14/h3-5,10,12,14H,6-9,11H2,1-2H3,(H2,20,21,22). The number of fused-ring (bicyclic) bond motifs is 1. The van der Waals surface area contributed by atoms with Crippen molar-refractivity contribution in [3.63, 3.8) is 0 Å². The molecule has 0 amide bonds. The van der Waals surface area contributed by atoms with Crippen LogP contribution in [-0.4, -0.2) is 44.8 Å². The van der Waals surface area contributed by atoms with Gasteiger partial charge in [0.2, 0.25) is 0 Å². The van der Waals surface area contributed by atoms with Crippen molar-refractivity contribution in [1.82, 2.24) is 24.6 Å². The Morgan fingerprint density at radius 3 is 2.81 bits per heavy atom. The molecule has 0 aliphatic carbocycles. The average molecular weight is 352 g/mol. The molecule has 3 aromatic rings. The number of piperidine rings is 1. The molecular formula is C19H24N6O. The number of ether oxygens (including phenoxy) is 1. The zero-order valence-corrected chi connectivity index (χ0v) is 15.2. The number of hydrogen-bond acceptors (Lipinski definition) is 6. The third-order valence-corrected chi connectivity index (χ3v) is 5.00. The van der Waals surface area contributed by atoms with Gasteiger partial charge in [0.15, 0.2) is 5.65 Å². The number of nitrogen functional groups attached to an aromatic ring is 1. The lowest BCUT2D eigenvalue weighted by Gasteiger charge is -2.28. The third kappa shape index (κ3) is 3.35. The van der Waals surface area contributed by atoms with Gasteiger partial charge >= 0.3 is 0 Å². The van der Waals surface area contributed by atoms with Gasteiger partial charge in [-0.05, 0) is 63.5 Å². The van der Waals surface area contributed by atoms with Gasteiger partial charge < -0.3 is 15.4 Å². The molecule has 136 valence electrons. The van der Waals surface area contributed by atoms with Crippen LogP contribution in [0.2, 0.25) is 0 Å². The summed E-state index contributed by atoms with van der Waals surface area (Å²) in [5.41, 5.74) is 7.98. The molecule has 0 unspecified atom stereocenters. The molecule has 7 heteroatoms. The SMILES string of the molecule is Cc1cccc(Oc2nn(CC3CCN(C)CC3)c3ncnc(N)c23)c1. The van der Waals surface area contributed by atoms with E-state index in [9.17, 15) is 0 Å². The van der Waals surface area contributed by atoms with Gasteiger partial charge in [-0.2, -0.15) is 0 Å². The van der Waals surface area contributed by atoms with E-state index in [0.29, 0.717) is 23.0 Å². The van der Waals surface area contributed by atoms with E-state index in [0.717, 1.165) is 49.4 Å². The molecule has 1 aliphatic rings. The van der Waals surface area contributed by atoms with E-state index < -0.39 is 0 Å². The zero-order valence-electron chi connectivity index (χ0n) is 15.2. The monoisotopic (exact) mass is 352 g/mol. The molecule has 3 heterocycles. The zero-order chi connectivity index (χ0) is 18.1. The highest BCUT2D eigenvalue weighted by Crippen LogP contribution is 2.32. The fraction of sp³-hybridized carbons (Fsp3) is 0.421. The summed E-state index contributed by atoms with van der Waals surface area (Å²) in [6.07, 6.45) is 3.81. The summed E-state index contributed by atoms with van der Waals surface area (Å²) in [5.74, 6) is 2.18. The number of hydrogen-bond donors (Lipinski definition) is 1. The highest BCUT2D eigenvalue weighted by Gasteiger charge is 2.22. The Kier molecular flexibility index (Phi) is 4.46. The molecule has 0 bridgehead atoms. The normalized spacial score (nSPS) is 16.2. The maximum atomic E-state index is 6.11. The molecule has 4 rings (SSSR count). The maximum absolute atomic E-state index is 6.11. The molecule has 1 saturated heterocycles. The molecule has 1 aliphatic heterocycles. The predicted octanol–water partition coefficient (Wildman–Crippen LogP) is 2.85. The van der Waals surface area contributed by atoms with Crippen LogP contribution < -0.4 is 10.5 Å². The van der Waals surface area contributed by atoms with Gasteiger partial charge in [0.25, 0.3) is 5.88 Å². The number of nitrogens with two attached hydrogens (primary N) is 1. The lowest BCUT2D eigenvalue weighted by molar-refractivity contribution is 0.202. The number of likely N-dealkylation sites (tertiary alicyclic amines) is 1. The lowest BCUT2D eigenvalue weighted by atomic mass is 9.97. The number of nitrogens with zero attached hydrogens (tertiary/aromatic N) is 5. The van der Waals surface area contributed by atoms with Gasteiger partial charge in [-0.15, -0.1) is 5.10 Å². The van der Waals surface area contributed by atoms with E-state index in [2.05, 4.69) is 27.0 Å². The van der Waals surface area contributed by atoms with Crippen LogP contribution in [0.25, 0.3) is 11.0 Å². The average Bonchev–Trinajstić information content (AvgIpc) is 2.96. The maximum Gasteiger partial charge on any atom is 0.251 e. The number of aromatic nitrogens is 4. The summed E-state index contributed by atoms with van der Waals surface area (Å²) in [4.78, 5) is 10.9. The smallest absolute Gasteiger partial charge is 0.251 e. The number of aryl methyl sites for hydroxylation is 1. The van der Waals surface area contributed by atoms with Crippen molar-refractivity contribution in [1.29, 1.82) is 0 Å². The van der Waals surface area contributed by atoms with Gasteiger partial charge in [-0.1, -0.05) is 12.1 Å². The molecule has 1 fully saturated rings. The minimum atomic E-state index is 0.396. The van der Waals surface area contributed by atoms with E-state index in [-0.39, 0.29) is 0 Å². The Bertz CT molecular complexity index is 914. The van der Waals surface area contributed by atoms with Crippen LogP contribution >= 0.6 is 0 Å². The highest BCUT2D eigenvalue weighted by molar-refractivity contribution is 5.90. The van der Waals surface area contributed by atoms with Crippen LogP contribution in [0.1, 0.15) is 18.4 Å². The van der Waals surface area contributed by atoms with Gasteiger partial charge in [0.05, 0.1) is 0 Å². The number of rotatable bonds is 4. The van der Waals surface area contributed by atoms with Gasteiger partial charge in [-0.3, -0.25) is 0 Å². The van der Waals surface area contributed by atoms with Crippen molar-refractivity contribution >= 4 is 16.9 Å². The fourth-order valence-electron chi connectivity index (χ4n) is 3.48. The first-order chi connectivity index (χ1) is 12.6. The van der Waals surface area contributed by atoms with Crippen molar-refractivity contribution in [3.8, 4) is 11.6 Å². The van der Waals surface area contributed by atoms with Crippen LogP contribution in [-0.2, 0) is 6.54 Å². The molecular weight excluding hydrogens is 328 g/mol. The molecule has 0 spiro atoms. The van der Waals surface area contributed by atoms with Crippen molar-refractivity contribution in [2.75, 3.05) is 25.9 Å². The predicted molar refractivity (Wildman–Crippen MR) is 101 cm³/mol.